The second-order valence-corrected chi connectivity index (χ2v) is 7.25. The SMILES string of the molecule is COc1cccc(OC)c1C(=O)N1CCC[C@@H](c2ncc3c(n2)CCNC3)C1. The number of ether oxygens (including phenoxy) is 2. The van der Waals surface area contributed by atoms with Gasteiger partial charge >= 0.3 is 0 Å². The molecule has 1 saturated heterocycles. The van der Waals surface area contributed by atoms with Gasteiger partial charge in [0.05, 0.1) is 14.2 Å². The maximum Gasteiger partial charge on any atom is 0.261 e. The molecule has 3 heterocycles. The lowest BCUT2D eigenvalue weighted by Crippen LogP contribution is -2.40. The van der Waals surface area contributed by atoms with E-state index in [1.54, 1.807) is 26.4 Å². The third-order valence-corrected chi connectivity index (χ3v) is 5.54. The van der Waals surface area contributed by atoms with Gasteiger partial charge in [-0.1, -0.05) is 6.07 Å². The summed E-state index contributed by atoms with van der Waals surface area (Å²) in [5, 5.41) is 3.35. The van der Waals surface area contributed by atoms with Crippen LogP contribution >= 0.6 is 0 Å². The van der Waals surface area contributed by atoms with E-state index in [0.29, 0.717) is 30.2 Å². The minimum absolute atomic E-state index is 0.0684. The molecule has 7 nitrogen and oxygen atoms in total. The number of aromatic nitrogens is 2. The van der Waals surface area contributed by atoms with Gasteiger partial charge in [0.1, 0.15) is 22.9 Å². The molecular formula is C21H26N4O3. The number of fused-ring (bicyclic) bond motifs is 1. The van der Waals surface area contributed by atoms with Crippen molar-refractivity contribution < 1.29 is 14.3 Å². The first kappa shape index (κ1) is 18.7. The van der Waals surface area contributed by atoms with Gasteiger partial charge < -0.3 is 19.7 Å². The maximum atomic E-state index is 13.3. The van der Waals surface area contributed by atoms with E-state index in [0.717, 1.165) is 43.9 Å². The number of likely N-dealkylation sites (tertiary alicyclic amines) is 1. The lowest BCUT2D eigenvalue weighted by molar-refractivity contribution is 0.0697. The molecular weight excluding hydrogens is 356 g/mol. The second-order valence-electron chi connectivity index (χ2n) is 7.25. The highest BCUT2D eigenvalue weighted by Crippen LogP contribution is 2.32. The smallest absolute Gasteiger partial charge is 0.261 e. The lowest BCUT2D eigenvalue weighted by Gasteiger charge is -2.33. The van der Waals surface area contributed by atoms with Crippen LogP contribution in [0.3, 0.4) is 0 Å². The molecule has 7 heteroatoms. The van der Waals surface area contributed by atoms with Crippen molar-refractivity contribution in [3.63, 3.8) is 0 Å². The minimum atomic E-state index is -0.0684. The maximum absolute atomic E-state index is 13.3. The van der Waals surface area contributed by atoms with Gasteiger partial charge in [0.25, 0.3) is 5.91 Å². The molecule has 0 spiro atoms. The second kappa shape index (κ2) is 8.14. The van der Waals surface area contributed by atoms with Crippen LogP contribution in [0.15, 0.2) is 24.4 Å². The first-order valence-corrected chi connectivity index (χ1v) is 9.77. The third kappa shape index (κ3) is 3.54. The van der Waals surface area contributed by atoms with E-state index in [1.165, 1.54) is 5.56 Å². The standard InChI is InChI=1S/C21H26N4O3/c1-27-17-6-3-7-18(28-2)19(17)21(26)25-10-4-5-14(13-25)20-23-12-15-11-22-9-8-16(15)24-20/h3,6-7,12,14,22H,4-5,8-11,13H2,1-2H3/t14-/m1/s1. The first-order chi connectivity index (χ1) is 13.7. The fourth-order valence-electron chi connectivity index (χ4n) is 4.04. The van der Waals surface area contributed by atoms with Crippen LogP contribution in [0.2, 0.25) is 0 Å². The van der Waals surface area contributed by atoms with E-state index in [1.807, 2.05) is 17.2 Å². The normalized spacial score (nSPS) is 19.1. The van der Waals surface area contributed by atoms with Gasteiger partial charge in [-0.05, 0) is 25.0 Å². The van der Waals surface area contributed by atoms with Crippen molar-refractivity contribution in [2.24, 2.45) is 0 Å². The largest absolute Gasteiger partial charge is 0.496 e. The Kier molecular flexibility index (Phi) is 5.43. The van der Waals surface area contributed by atoms with E-state index < -0.39 is 0 Å². The molecule has 0 radical (unpaired) electrons. The summed E-state index contributed by atoms with van der Waals surface area (Å²) in [6.45, 7) is 3.10. The Balaban J connectivity index is 1.57. The van der Waals surface area contributed by atoms with Crippen LogP contribution in [0.4, 0.5) is 0 Å². The summed E-state index contributed by atoms with van der Waals surface area (Å²) in [5.41, 5.74) is 2.79. The van der Waals surface area contributed by atoms with E-state index in [9.17, 15) is 4.79 Å². The van der Waals surface area contributed by atoms with E-state index in [-0.39, 0.29) is 11.8 Å². The number of methoxy groups -OCH3 is 2. The van der Waals surface area contributed by atoms with E-state index in [2.05, 4.69) is 10.3 Å². The van der Waals surface area contributed by atoms with Crippen LogP contribution in [0.25, 0.3) is 0 Å². The number of nitrogens with zero attached hydrogens (tertiary/aromatic N) is 3. The summed E-state index contributed by atoms with van der Waals surface area (Å²) < 4.78 is 10.8. The van der Waals surface area contributed by atoms with Crippen molar-refractivity contribution in [1.29, 1.82) is 0 Å². The third-order valence-electron chi connectivity index (χ3n) is 5.54. The summed E-state index contributed by atoms with van der Waals surface area (Å²) in [6, 6.07) is 5.40. The highest BCUT2D eigenvalue weighted by atomic mass is 16.5. The number of benzene rings is 1. The van der Waals surface area contributed by atoms with Crippen molar-refractivity contribution in [1.82, 2.24) is 20.2 Å². The number of carbonyl (C=O) groups is 1. The van der Waals surface area contributed by atoms with E-state index >= 15 is 0 Å². The summed E-state index contributed by atoms with van der Waals surface area (Å²) in [6.07, 6.45) is 4.78. The highest BCUT2D eigenvalue weighted by Gasteiger charge is 2.30. The number of amides is 1. The monoisotopic (exact) mass is 382 g/mol. The van der Waals surface area contributed by atoms with Gasteiger partial charge in [0.2, 0.25) is 0 Å². The van der Waals surface area contributed by atoms with Gasteiger partial charge in [0, 0.05) is 56.0 Å². The number of hydrogen-bond acceptors (Lipinski definition) is 6. The van der Waals surface area contributed by atoms with Crippen LogP contribution in [0.5, 0.6) is 11.5 Å². The number of nitrogens with one attached hydrogen (secondary N) is 1. The van der Waals surface area contributed by atoms with Gasteiger partial charge in [-0.25, -0.2) is 9.97 Å². The average Bonchev–Trinajstić information content (AvgIpc) is 2.77. The molecule has 148 valence electrons. The molecule has 2 aliphatic rings. The molecule has 1 fully saturated rings. The van der Waals surface area contributed by atoms with Crippen LogP contribution in [-0.4, -0.2) is 54.6 Å². The Labute approximate surface area is 165 Å². The van der Waals surface area contributed by atoms with Crippen molar-refractivity contribution >= 4 is 5.91 Å². The summed E-state index contributed by atoms with van der Waals surface area (Å²) in [7, 11) is 3.14. The Morgan fingerprint density at radius 3 is 2.79 bits per heavy atom. The van der Waals surface area contributed by atoms with Gasteiger partial charge in [-0.15, -0.1) is 0 Å². The molecule has 0 unspecified atom stereocenters. The fraction of sp³-hybridized carbons (Fsp3) is 0.476. The molecule has 1 aromatic heterocycles. The quantitative estimate of drug-likeness (QED) is 0.873. The number of rotatable bonds is 4. The van der Waals surface area contributed by atoms with Gasteiger partial charge in [0.15, 0.2) is 0 Å². The molecule has 4 rings (SSSR count). The summed E-state index contributed by atoms with van der Waals surface area (Å²) >= 11 is 0. The summed E-state index contributed by atoms with van der Waals surface area (Å²) in [5.74, 6) is 2.00. The van der Waals surface area contributed by atoms with Crippen molar-refractivity contribution in [3.8, 4) is 11.5 Å². The minimum Gasteiger partial charge on any atom is -0.496 e. The number of piperidine rings is 1. The molecule has 0 saturated carbocycles. The van der Waals surface area contributed by atoms with Gasteiger partial charge in [-0.3, -0.25) is 4.79 Å². The van der Waals surface area contributed by atoms with Crippen molar-refractivity contribution in [2.75, 3.05) is 33.9 Å². The van der Waals surface area contributed by atoms with Crippen molar-refractivity contribution in [3.05, 3.63) is 47.0 Å². The predicted molar refractivity (Wildman–Crippen MR) is 105 cm³/mol. The highest BCUT2D eigenvalue weighted by molar-refractivity contribution is 5.99. The van der Waals surface area contributed by atoms with Crippen LogP contribution in [-0.2, 0) is 13.0 Å². The molecule has 1 amide bonds. The molecule has 1 atom stereocenters. The van der Waals surface area contributed by atoms with Crippen LogP contribution in [0, 0.1) is 0 Å². The molecule has 2 aromatic rings. The van der Waals surface area contributed by atoms with Crippen LogP contribution < -0.4 is 14.8 Å². The Morgan fingerprint density at radius 2 is 2.04 bits per heavy atom. The average molecular weight is 382 g/mol. The molecule has 1 N–H and O–H groups in total. The fourth-order valence-corrected chi connectivity index (χ4v) is 4.04. The number of carbonyl (C=O) groups excluding carboxylic acids is 1. The van der Waals surface area contributed by atoms with E-state index in [4.69, 9.17) is 14.5 Å². The molecule has 1 aromatic carbocycles. The van der Waals surface area contributed by atoms with Crippen LogP contribution in [0.1, 0.15) is 46.2 Å². The molecule has 2 aliphatic heterocycles. The topological polar surface area (TPSA) is 76.6 Å². The Morgan fingerprint density at radius 1 is 1.25 bits per heavy atom. The zero-order valence-electron chi connectivity index (χ0n) is 16.4. The molecule has 28 heavy (non-hydrogen) atoms. The summed E-state index contributed by atoms with van der Waals surface area (Å²) in [4.78, 5) is 24.6. The lowest BCUT2D eigenvalue weighted by atomic mass is 9.95. The predicted octanol–water partition coefficient (Wildman–Crippen LogP) is 2.16. The van der Waals surface area contributed by atoms with Crippen molar-refractivity contribution in [2.45, 2.75) is 31.7 Å². The molecule has 0 bridgehead atoms. The zero-order valence-corrected chi connectivity index (χ0v) is 16.4. The molecule has 0 aliphatic carbocycles. The Hall–Kier alpha value is -2.67. The zero-order chi connectivity index (χ0) is 19.5. The number of hydrogen-bond donors (Lipinski definition) is 1. The Bertz CT molecular complexity index is 848. The van der Waals surface area contributed by atoms with Gasteiger partial charge in [-0.2, -0.15) is 0 Å². The first-order valence-electron chi connectivity index (χ1n) is 9.77.